The van der Waals surface area contributed by atoms with E-state index in [0.29, 0.717) is 13.1 Å². The van der Waals surface area contributed by atoms with Crippen molar-refractivity contribution in [3.8, 4) is 6.19 Å². The maximum Gasteiger partial charge on any atom is 0.179 e. The van der Waals surface area contributed by atoms with Gasteiger partial charge in [-0.2, -0.15) is 5.26 Å². The molecule has 0 radical (unpaired) electrons. The van der Waals surface area contributed by atoms with Crippen LogP contribution in [-0.2, 0) is 0 Å². The second-order valence-electron chi connectivity index (χ2n) is 1.56. The van der Waals surface area contributed by atoms with Gasteiger partial charge < -0.3 is 10.0 Å². The molecule has 9 heavy (non-hydrogen) atoms. The van der Waals surface area contributed by atoms with Gasteiger partial charge in [0, 0.05) is 6.54 Å². The number of nitrogens with zero attached hydrogens (tertiary/aromatic N) is 2. The molecule has 0 unspecified atom stereocenters. The van der Waals surface area contributed by atoms with E-state index in [0.717, 1.165) is 0 Å². The highest BCUT2D eigenvalue weighted by atomic mass is 16.3. The first-order valence-electron chi connectivity index (χ1n) is 2.71. The maximum atomic E-state index is 8.37. The zero-order valence-electron chi connectivity index (χ0n) is 5.25. The fourth-order valence-corrected chi connectivity index (χ4v) is 0.459. The topological polar surface area (TPSA) is 47.3 Å². The lowest BCUT2D eigenvalue weighted by atomic mass is 10.5. The van der Waals surface area contributed by atoms with Gasteiger partial charge in [0.1, 0.15) is 0 Å². The van der Waals surface area contributed by atoms with E-state index >= 15 is 0 Å². The summed E-state index contributed by atoms with van der Waals surface area (Å²) in [5.41, 5.74) is 0. The van der Waals surface area contributed by atoms with Gasteiger partial charge in [0.15, 0.2) is 6.19 Å². The lowest BCUT2D eigenvalue weighted by Crippen LogP contribution is -2.21. The largest absolute Gasteiger partial charge is 0.395 e. The van der Waals surface area contributed by atoms with E-state index in [1.165, 1.54) is 4.90 Å². The molecule has 0 aliphatic heterocycles. The van der Waals surface area contributed by atoms with Crippen LogP contribution in [0.2, 0.25) is 0 Å². The van der Waals surface area contributed by atoms with E-state index in [2.05, 4.69) is 6.58 Å². The summed E-state index contributed by atoms with van der Waals surface area (Å²) >= 11 is 0. The quantitative estimate of drug-likeness (QED) is 0.326. The molecule has 0 amide bonds. The molecule has 1 N–H and O–H groups in total. The molecule has 3 heteroatoms. The summed E-state index contributed by atoms with van der Waals surface area (Å²) in [6.45, 7) is 4.37. The molecule has 0 atom stereocenters. The van der Waals surface area contributed by atoms with Crippen LogP contribution in [0, 0.1) is 11.5 Å². The average molecular weight is 126 g/mol. The van der Waals surface area contributed by atoms with Crippen LogP contribution in [0.1, 0.15) is 0 Å². The minimum Gasteiger partial charge on any atom is -0.395 e. The Labute approximate surface area is 54.8 Å². The highest BCUT2D eigenvalue weighted by Crippen LogP contribution is 1.82. The lowest BCUT2D eigenvalue weighted by Gasteiger charge is -2.09. The number of hydrogen-bond acceptors (Lipinski definition) is 3. The Kier molecular flexibility index (Phi) is 4.56. The number of rotatable bonds is 4. The van der Waals surface area contributed by atoms with E-state index in [1.54, 1.807) is 6.08 Å². The molecule has 0 rings (SSSR count). The minimum atomic E-state index is 0.0153. The van der Waals surface area contributed by atoms with Crippen molar-refractivity contribution in [1.82, 2.24) is 4.90 Å². The lowest BCUT2D eigenvalue weighted by molar-refractivity contribution is 0.250. The summed E-state index contributed by atoms with van der Waals surface area (Å²) in [6, 6.07) is 0. The van der Waals surface area contributed by atoms with Gasteiger partial charge in [-0.25, -0.2) is 0 Å². The molecule has 0 heterocycles. The number of hydrogen-bond donors (Lipinski definition) is 1. The van der Waals surface area contributed by atoms with Crippen molar-refractivity contribution in [2.24, 2.45) is 0 Å². The summed E-state index contributed by atoms with van der Waals surface area (Å²) in [7, 11) is 0. The second-order valence-corrected chi connectivity index (χ2v) is 1.56. The van der Waals surface area contributed by atoms with Crippen LogP contribution in [0.15, 0.2) is 12.7 Å². The van der Waals surface area contributed by atoms with Crippen LogP contribution >= 0.6 is 0 Å². The van der Waals surface area contributed by atoms with Gasteiger partial charge in [-0.05, 0) is 0 Å². The SMILES string of the molecule is C=CCN(C#N)CCO. The Morgan fingerprint density at radius 3 is 2.78 bits per heavy atom. The van der Waals surface area contributed by atoms with Crippen molar-refractivity contribution < 1.29 is 5.11 Å². The zero-order chi connectivity index (χ0) is 7.11. The fraction of sp³-hybridized carbons (Fsp3) is 0.500. The van der Waals surface area contributed by atoms with Gasteiger partial charge in [0.25, 0.3) is 0 Å². The summed E-state index contributed by atoms with van der Waals surface area (Å²) in [5.74, 6) is 0. The standard InChI is InChI=1S/C6H10N2O/c1-2-3-8(6-7)4-5-9/h2,9H,1,3-5H2. The van der Waals surface area contributed by atoms with E-state index in [9.17, 15) is 0 Å². The third kappa shape index (κ3) is 3.56. The molecule has 0 saturated heterocycles. The van der Waals surface area contributed by atoms with Crippen molar-refractivity contribution in [1.29, 1.82) is 5.26 Å². The Hall–Kier alpha value is -1.01. The fourth-order valence-electron chi connectivity index (χ4n) is 0.459. The highest BCUT2D eigenvalue weighted by Gasteiger charge is 1.93. The minimum absolute atomic E-state index is 0.0153. The van der Waals surface area contributed by atoms with E-state index in [4.69, 9.17) is 10.4 Å². The van der Waals surface area contributed by atoms with Gasteiger partial charge in [-0.3, -0.25) is 0 Å². The van der Waals surface area contributed by atoms with Crippen molar-refractivity contribution in [2.75, 3.05) is 19.7 Å². The van der Waals surface area contributed by atoms with E-state index in [-0.39, 0.29) is 6.61 Å². The third-order valence-electron chi connectivity index (χ3n) is 0.861. The van der Waals surface area contributed by atoms with Crippen LogP contribution in [0.3, 0.4) is 0 Å². The summed E-state index contributed by atoms with van der Waals surface area (Å²) in [4.78, 5) is 1.42. The highest BCUT2D eigenvalue weighted by molar-refractivity contribution is 4.81. The predicted octanol–water partition coefficient (Wildman–Crippen LogP) is -0.0522. The van der Waals surface area contributed by atoms with Gasteiger partial charge in [-0.15, -0.1) is 6.58 Å². The number of nitriles is 1. The Morgan fingerprint density at radius 1 is 1.78 bits per heavy atom. The molecule has 0 fully saturated rings. The molecule has 50 valence electrons. The van der Waals surface area contributed by atoms with Crippen LogP contribution < -0.4 is 0 Å². The van der Waals surface area contributed by atoms with Crippen molar-refractivity contribution in [3.63, 3.8) is 0 Å². The van der Waals surface area contributed by atoms with Crippen molar-refractivity contribution >= 4 is 0 Å². The van der Waals surface area contributed by atoms with Crippen LogP contribution in [0.5, 0.6) is 0 Å². The molecule has 0 saturated carbocycles. The predicted molar refractivity (Wildman–Crippen MR) is 34.5 cm³/mol. The van der Waals surface area contributed by atoms with Gasteiger partial charge in [-0.1, -0.05) is 6.08 Å². The van der Waals surface area contributed by atoms with Gasteiger partial charge >= 0.3 is 0 Å². The van der Waals surface area contributed by atoms with Crippen LogP contribution in [0.25, 0.3) is 0 Å². The monoisotopic (exact) mass is 126 g/mol. The molecule has 0 aliphatic carbocycles. The first-order chi connectivity index (χ1) is 4.35. The van der Waals surface area contributed by atoms with Gasteiger partial charge in [0.05, 0.1) is 13.2 Å². The normalized spacial score (nSPS) is 8.00. The Balaban J connectivity index is 3.44. The summed E-state index contributed by atoms with van der Waals surface area (Å²) in [6.07, 6.45) is 3.53. The maximum absolute atomic E-state index is 8.37. The van der Waals surface area contributed by atoms with Crippen LogP contribution in [-0.4, -0.2) is 29.7 Å². The second kappa shape index (κ2) is 5.13. The molecule has 0 aliphatic rings. The zero-order valence-corrected chi connectivity index (χ0v) is 5.25. The number of aliphatic hydroxyl groups excluding tert-OH is 1. The Morgan fingerprint density at radius 2 is 2.44 bits per heavy atom. The molecule has 0 aromatic heterocycles. The summed E-state index contributed by atoms with van der Waals surface area (Å²) < 4.78 is 0. The molecule has 0 aromatic rings. The molecular formula is C6H10N2O. The van der Waals surface area contributed by atoms with E-state index in [1.807, 2.05) is 6.19 Å². The molecule has 3 nitrogen and oxygen atoms in total. The third-order valence-corrected chi connectivity index (χ3v) is 0.861. The summed E-state index contributed by atoms with van der Waals surface area (Å²) in [5, 5.41) is 16.7. The molecule has 0 bridgehead atoms. The smallest absolute Gasteiger partial charge is 0.179 e. The average Bonchev–Trinajstić information content (AvgIpc) is 1.88. The van der Waals surface area contributed by atoms with Gasteiger partial charge in [0.2, 0.25) is 0 Å². The molecule has 0 spiro atoms. The first kappa shape index (κ1) is 7.99. The Bertz CT molecular complexity index is 117. The number of aliphatic hydroxyl groups is 1. The van der Waals surface area contributed by atoms with Crippen molar-refractivity contribution in [2.45, 2.75) is 0 Å². The molecule has 0 aromatic carbocycles. The molecular weight excluding hydrogens is 116 g/mol. The van der Waals surface area contributed by atoms with Crippen LogP contribution in [0.4, 0.5) is 0 Å². The van der Waals surface area contributed by atoms with Crippen molar-refractivity contribution in [3.05, 3.63) is 12.7 Å². The van der Waals surface area contributed by atoms with E-state index < -0.39 is 0 Å². The first-order valence-corrected chi connectivity index (χ1v) is 2.71.